The molecule has 0 heterocycles. The van der Waals surface area contributed by atoms with Crippen molar-refractivity contribution < 1.29 is 28.5 Å². The van der Waals surface area contributed by atoms with Gasteiger partial charge in [0.1, 0.15) is 6.04 Å². The van der Waals surface area contributed by atoms with Crippen LogP contribution in [-0.4, -0.2) is 51.7 Å². The molecule has 0 fully saturated rings. The summed E-state index contributed by atoms with van der Waals surface area (Å²) in [6.45, 7) is 0.558. The highest BCUT2D eigenvalue weighted by atomic mass is 35.5. The molecule has 4 aromatic carbocycles. The summed E-state index contributed by atoms with van der Waals surface area (Å²) in [5.41, 5.74) is 3.25. The van der Waals surface area contributed by atoms with Crippen LogP contribution in [0, 0.1) is 0 Å². The molecule has 0 radical (unpaired) electrons. The molecule has 0 aliphatic carbocycles. The van der Waals surface area contributed by atoms with Crippen LogP contribution in [0.5, 0.6) is 23.0 Å². The predicted molar refractivity (Wildman–Crippen MR) is 171 cm³/mol. The summed E-state index contributed by atoms with van der Waals surface area (Å²) in [5, 5.41) is 3.65. The van der Waals surface area contributed by atoms with Gasteiger partial charge in [-0.1, -0.05) is 66.2 Å². The normalized spacial score (nSPS) is 11.3. The maximum atomic E-state index is 14.1. The van der Waals surface area contributed by atoms with E-state index < -0.39 is 6.04 Å². The number of carbonyl (C=O) groups is 2. The molecule has 2 amide bonds. The van der Waals surface area contributed by atoms with E-state index in [-0.39, 0.29) is 24.8 Å². The Balaban J connectivity index is 1.62. The van der Waals surface area contributed by atoms with Crippen molar-refractivity contribution in [3.63, 3.8) is 0 Å². The number of hydrogen-bond acceptors (Lipinski definition) is 6. The van der Waals surface area contributed by atoms with Crippen LogP contribution in [0.1, 0.15) is 28.3 Å². The Hall–Kier alpha value is -4.69. The molecule has 0 saturated heterocycles. The molecule has 8 nitrogen and oxygen atoms in total. The van der Waals surface area contributed by atoms with Crippen molar-refractivity contribution in [3.8, 4) is 23.0 Å². The average Bonchev–Trinajstić information content (AvgIpc) is 3.05. The number of halogens is 1. The zero-order valence-corrected chi connectivity index (χ0v) is 26.1. The van der Waals surface area contributed by atoms with Gasteiger partial charge in [-0.3, -0.25) is 9.59 Å². The summed E-state index contributed by atoms with van der Waals surface area (Å²) < 4.78 is 21.6. The molecule has 0 saturated carbocycles. The first-order chi connectivity index (χ1) is 21.4. The topological polar surface area (TPSA) is 86.3 Å². The minimum absolute atomic E-state index is 0.0518. The van der Waals surface area contributed by atoms with Crippen LogP contribution in [0.15, 0.2) is 91.0 Å². The van der Waals surface area contributed by atoms with Gasteiger partial charge in [-0.2, -0.15) is 0 Å². The highest BCUT2D eigenvalue weighted by Crippen LogP contribution is 2.30. The van der Waals surface area contributed by atoms with E-state index in [0.717, 1.165) is 16.7 Å². The van der Waals surface area contributed by atoms with Crippen LogP contribution < -0.4 is 24.3 Å². The molecule has 0 unspecified atom stereocenters. The number of ether oxygens (including phenoxy) is 4. The molecule has 44 heavy (non-hydrogen) atoms. The molecular weight excluding hydrogens is 580 g/mol. The van der Waals surface area contributed by atoms with Crippen LogP contribution in [0.3, 0.4) is 0 Å². The summed E-state index contributed by atoms with van der Waals surface area (Å²) in [6.07, 6.45) is 0.612. The molecule has 0 spiro atoms. The van der Waals surface area contributed by atoms with Crippen molar-refractivity contribution in [3.05, 3.63) is 118 Å². The molecule has 0 aliphatic rings. The second-order valence-corrected chi connectivity index (χ2v) is 10.5. The maximum absolute atomic E-state index is 14.1. The minimum atomic E-state index is -0.884. The second-order valence-electron chi connectivity index (χ2n) is 10.1. The van der Waals surface area contributed by atoms with Gasteiger partial charge in [0.05, 0.1) is 34.9 Å². The first-order valence-corrected chi connectivity index (χ1v) is 14.5. The number of nitrogens with zero attached hydrogens (tertiary/aromatic N) is 1. The predicted octanol–water partition coefficient (Wildman–Crippen LogP) is 6.05. The highest BCUT2D eigenvalue weighted by molar-refractivity contribution is 6.30. The summed E-state index contributed by atoms with van der Waals surface area (Å²) in [6, 6.07) is 26.7. The molecule has 0 aliphatic heterocycles. The van der Waals surface area contributed by atoms with E-state index in [4.69, 9.17) is 30.5 Å². The summed E-state index contributed by atoms with van der Waals surface area (Å²) in [5.74, 6) is 1.83. The van der Waals surface area contributed by atoms with Crippen LogP contribution in [-0.2, 0) is 29.0 Å². The van der Waals surface area contributed by atoms with Gasteiger partial charge in [-0.05, 0) is 65.1 Å². The smallest absolute Gasteiger partial charge is 0.247 e. The molecule has 4 aromatic rings. The number of benzene rings is 4. The molecule has 0 bridgehead atoms. The van der Waals surface area contributed by atoms with Crippen molar-refractivity contribution in [1.29, 1.82) is 0 Å². The molecule has 230 valence electrons. The van der Waals surface area contributed by atoms with Crippen LogP contribution in [0.2, 0.25) is 5.02 Å². The van der Waals surface area contributed by atoms with E-state index in [1.165, 1.54) is 0 Å². The van der Waals surface area contributed by atoms with Gasteiger partial charge in [-0.15, -0.1) is 0 Å². The monoisotopic (exact) mass is 616 g/mol. The van der Waals surface area contributed by atoms with Crippen LogP contribution in [0.4, 0.5) is 0 Å². The summed E-state index contributed by atoms with van der Waals surface area (Å²) in [4.78, 5) is 29.7. The highest BCUT2D eigenvalue weighted by Gasteiger charge is 2.31. The minimum Gasteiger partial charge on any atom is -0.493 e. The zero-order chi connectivity index (χ0) is 31.5. The fourth-order valence-electron chi connectivity index (χ4n) is 4.95. The lowest BCUT2D eigenvalue weighted by Crippen LogP contribution is -2.44. The Morgan fingerprint density at radius 3 is 1.84 bits per heavy atom. The Morgan fingerprint density at radius 2 is 1.25 bits per heavy atom. The third kappa shape index (κ3) is 8.23. The zero-order valence-electron chi connectivity index (χ0n) is 25.3. The van der Waals surface area contributed by atoms with Gasteiger partial charge in [0.2, 0.25) is 11.8 Å². The standard InChI is InChI=1S/C35H37ClN2O6/c1-41-29-16-12-24(20-31(29)43-3)18-19-37-35(40)34(27-8-6-5-7-9-27)38(23-25-10-14-28(36)15-11-25)33(39)22-26-13-17-30(42-2)32(21-26)44-4/h5-17,20-21,34H,18-19,22-23H2,1-4H3,(H,37,40)/t34-/m0/s1. The number of rotatable bonds is 14. The van der Waals surface area contributed by atoms with Crippen molar-refractivity contribution in [2.24, 2.45) is 0 Å². The van der Waals surface area contributed by atoms with Crippen molar-refractivity contribution in [2.45, 2.75) is 25.4 Å². The third-order valence-electron chi connectivity index (χ3n) is 7.23. The molecular formula is C35H37ClN2O6. The van der Waals surface area contributed by atoms with E-state index >= 15 is 0 Å². The van der Waals surface area contributed by atoms with Crippen molar-refractivity contribution in [1.82, 2.24) is 10.2 Å². The van der Waals surface area contributed by atoms with E-state index in [1.54, 1.807) is 57.6 Å². The Labute approximate surface area is 263 Å². The average molecular weight is 617 g/mol. The number of methoxy groups -OCH3 is 4. The fraction of sp³-hybridized carbons (Fsp3) is 0.257. The summed E-state index contributed by atoms with van der Waals surface area (Å²) >= 11 is 6.14. The van der Waals surface area contributed by atoms with E-state index in [2.05, 4.69) is 5.32 Å². The molecule has 0 aromatic heterocycles. The van der Waals surface area contributed by atoms with Crippen LogP contribution in [0.25, 0.3) is 0 Å². The molecule has 1 N–H and O–H groups in total. The Morgan fingerprint density at radius 1 is 0.705 bits per heavy atom. The van der Waals surface area contributed by atoms with E-state index in [1.807, 2.05) is 66.7 Å². The van der Waals surface area contributed by atoms with E-state index in [9.17, 15) is 9.59 Å². The maximum Gasteiger partial charge on any atom is 0.247 e. The third-order valence-corrected chi connectivity index (χ3v) is 7.48. The molecule has 4 rings (SSSR count). The van der Waals surface area contributed by atoms with Gasteiger partial charge in [0, 0.05) is 18.1 Å². The van der Waals surface area contributed by atoms with Crippen LogP contribution >= 0.6 is 11.6 Å². The molecule has 1 atom stereocenters. The number of amides is 2. The SMILES string of the molecule is COc1ccc(CCNC(=O)[C@H](c2ccccc2)N(Cc2ccc(Cl)cc2)C(=O)Cc2ccc(OC)c(OC)c2)cc1OC. The van der Waals surface area contributed by atoms with Crippen molar-refractivity contribution in [2.75, 3.05) is 35.0 Å². The van der Waals surface area contributed by atoms with Crippen molar-refractivity contribution >= 4 is 23.4 Å². The number of carbonyl (C=O) groups excluding carboxylic acids is 2. The lowest BCUT2D eigenvalue weighted by Gasteiger charge is -2.32. The Kier molecular flexibility index (Phi) is 11.5. The lowest BCUT2D eigenvalue weighted by atomic mass is 10.0. The van der Waals surface area contributed by atoms with E-state index in [0.29, 0.717) is 46.5 Å². The number of nitrogens with one attached hydrogen (secondary N) is 1. The Bertz CT molecular complexity index is 1550. The van der Waals surface area contributed by atoms with Gasteiger partial charge < -0.3 is 29.2 Å². The van der Waals surface area contributed by atoms with Gasteiger partial charge in [-0.25, -0.2) is 0 Å². The quantitative estimate of drug-likeness (QED) is 0.186. The van der Waals surface area contributed by atoms with Gasteiger partial charge in [0.25, 0.3) is 0 Å². The van der Waals surface area contributed by atoms with Gasteiger partial charge in [0.15, 0.2) is 23.0 Å². The van der Waals surface area contributed by atoms with Gasteiger partial charge >= 0.3 is 0 Å². The largest absolute Gasteiger partial charge is 0.493 e. The number of hydrogen-bond donors (Lipinski definition) is 1. The first-order valence-electron chi connectivity index (χ1n) is 14.1. The molecule has 9 heteroatoms. The first kappa shape index (κ1) is 32.2. The fourth-order valence-corrected chi connectivity index (χ4v) is 5.07. The lowest BCUT2D eigenvalue weighted by molar-refractivity contribution is -0.141. The second kappa shape index (κ2) is 15.7. The summed E-state index contributed by atoms with van der Waals surface area (Å²) in [7, 11) is 6.28.